The third-order valence-corrected chi connectivity index (χ3v) is 2.92. The Balaban J connectivity index is 2.35. The van der Waals surface area contributed by atoms with E-state index in [1.165, 1.54) is 12.8 Å². The molecule has 0 aromatic rings. The van der Waals surface area contributed by atoms with Gasteiger partial charge < -0.3 is 5.11 Å². The van der Waals surface area contributed by atoms with Crippen LogP contribution < -0.4 is 0 Å². The maximum absolute atomic E-state index is 9.99. The van der Waals surface area contributed by atoms with E-state index < -0.39 is 0 Å². The summed E-state index contributed by atoms with van der Waals surface area (Å²) in [5, 5.41) is 9.99. The minimum absolute atomic E-state index is 0.290. The van der Waals surface area contributed by atoms with Crippen molar-refractivity contribution >= 4 is 0 Å². The van der Waals surface area contributed by atoms with Gasteiger partial charge in [0.1, 0.15) is 0 Å². The first-order valence-corrected chi connectivity index (χ1v) is 4.89. The highest BCUT2D eigenvalue weighted by molar-refractivity contribution is 4.83. The highest BCUT2D eigenvalue weighted by Gasteiger charge is 2.30. The van der Waals surface area contributed by atoms with Crippen LogP contribution in [0.4, 0.5) is 0 Å². The van der Waals surface area contributed by atoms with Crippen molar-refractivity contribution in [3.05, 3.63) is 0 Å². The summed E-state index contributed by atoms with van der Waals surface area (Å²) in [6, 6.07) is 0. The van der Waals surface area contributed by atoms with Crippen molar-refractivity contribution in [2.24, 2.45) is 5.92 Å². The third-order valence-electron chi connectivity index (χ3n) is 2.92. The summed E-state index contributed by atoms with van der Waals surface area (Å²) in [5.74, 6) is 0.840. The van der Waals surface area contributed by atoms with E-state index in [9.17, 15) is 5.11 Å². The highest BCUT2D eigenvalue weighted by atomic mass is 16.3. The van der Waals surface area contributed by atoms with Crippen molar-refractivity contribution in [2.75, 3.05) is 0 Å². The lowest BCUT2D eigenvalue weighted by Gasteiger charge is -2.34. The molecule has 66 valence electrons. The van der Waals surface area contributed by atoms with Gasteiger partial charge in [-0.25, -0.2) is 0 Å². The van der Waals surface area contributed by atoms with Crippen molar-refractivity contribution in [1.29, 1.82) is 0 Å². The van der Waals surface area contributed by atoms with Gasteiger partial charge in [0.05, 0.1) is 5.60 Å². The maximum Gasteiger partial charge on any atom is 0.0648 e. The summed E-state index contributed by atoms with van der Waals surface area (Å²) in [6.07, 6.45) is 6.61. The third kappa shape index (κ3) is 2.48. The molecule has 1 nitrogen and oxygen atoms in total. The fourth-order valence-electron chi connectivity index (χ4n) is 2.01. The number of hydrogen-bond donors (Lipinski definition) is 1. The standard InChI is InChI=1S/C10H20O/c1-3-6-10(11)7-4-9(2)5-8-10/h9,11H,3-8H2,1-2H3/t9-,10+. The maximum atomic E-state index is 9.99. The smallest absolute Gasteiger partial charge is 0.0648 e. The zero-order chi connectivity index (χ0) is 8.32. The lowest BCUT2D eigenvalue weighted by molar-refractivity contribution is -0.0149. The van der Waals surface area contributed by atoms with Crippen LogP contribution in [0, 0.1) is 5.92 Å². The topological polar surface area (TPSA) is 20.2 Å². The molecule has 0 bridgehead atoms. The normalized spacial score (nSPS) is 39.0. The second kappa shape index (κ2) is 3.57. The molecule has 0 aromatic carbocycles. The molecule has 1 aliphatic rings. The highest BCUT2D eigenvalue weighted by Crippen LogP contribution is 2.34. The van der Waals surface area contributed by atoms with E-state index in [1.807, 2.05) is 0 Å². The van der Waals surface area contributed by atoms with Crippen LogP contribution in [-0.2, 0) is 0 Å². The Hall–Kier alpha value is -0.0400. The van der Waals surface area contributed by atoms with E-state index in [-0.39, 0.29) is 5.60 Å². The predicted octanol–water partition coefficient (Wildman–Crippen LogP) is 2.73. The van der Waals surface area contributed by atoms with Gasteiger partial charge in [-0.3, -0.25) is 0 Å². The Kier molecular flexibility index (Phi) is 2.94. The van der Waals surface area contributed by atoms with Gasteiger partial charge >= 0.3 is 0 Å². The molecule has 11 heavy (non-hydrogen) atoms. The van der Waals surface area contributed by atoms with Gasteiger partial charge in [-0.15, -0.1) is 0 Å². The molecular weight excluding hydrogens is 136 g/mol. The zero-order valence-electron chi connectivity index (χ0n) is 7.77. The molecule has 1 rings (SSSR count). The van der Waals surface area contributed by atoms with Gasteiger partial charge in [-0.1, -0.05) is 20.3 Å². The van der Waals surface area contributed by atoms with Crippen LogP contribution in [0.25, 0.3) is 0 Å². The average molecular weight is 156 g/mol. The van der Waals surface area contributed by atoms with Crippen LogP contribution in [-0.4, -0.2) is 10.7 Å². The molecule has 1 heteroatoms. The Morgan fingerprint density at radius 2 is 1.91 bits per heavy atom. The number of aliphatic hydroxyl groups is 1. The Labute approximate surface area is 69.8 Å². The molecule has 0 aromatic heterocycles. The lowest BCUT2D eigenvalue weighted by Crippen LogP contribution is -2.33. The van der Waals surface area contributed by atoms with Crippen molar-refractivity contribution in [3.63, 3.8) is 0 Å². The zero-order valence-corrected chi connectivity index (χ0v) is 7.77. The molecule has 0 heterocycles. The molecule has 0 atom stereocenters. The molecule has 0 saturated heterocycles. The van der Waals surface area contributed by atoms with Gasteiger partial charge in [0.15, 0.2) is 0 Å². The molecule has 0 spiro atoms. The summed E-state index contributed by atoms with van der Waals surface area (Å²) in [6.45, 7) is 4.43. The summed E-state index contributed by atoms with van der Waals surface area (Å²) in [5.41, 5.74) is -0.290. The molecular formula is C10H20O. The van der Waals surface area contributed by atoms with Crippen LogP contribution in [0.2, 0.25) is 0 Å². The molecule has 1 fully saturated rings. The Bertz CT molecular complexity index is 112. The van der Waals surface area contributed by atoms with Crippen LogP contribution >= 0.6 is 0 Å². The summed E-state index contributed by atoms with van der Waals surface area (Å²) < 4.78 is 0. The number of hydrogen-bond acceptors (Lipinski definition) is 1. The van der Waals surface area contributed by atoms with Gasteiger partial charge in [-0.2, -0.15) is 0 Å². The fraction of sp³-hybridized carbons (Fsp3) is 1.00. The minimum Gasteiger partial charge on any atom is -0.390 e. The van der Waals surface area contributed by atoms with Crippen molar-refractivity contribution in [1.82, 2.24) is 0 Å². The van der Waals surface area contributed by atoms with E-state index in [0.717, 1.165) is 31.6 Å². The number of rotatable bonds is 2. The van der Waals surface area contributed by atoms with E-state index in [1.54, 1.807) is 0 Å². The predicted molar refractivity (Wildman–Crippen MR) is 47.5 cm³/mol. The van der Waals surface area contributed by atoms with E-state index >= 15 is 0 Å². The molecule has 0 aliphatic heterocycles. The Morgan fingerprint density at radius 3 is 2.36 bits per heavy atom. The average Bonchev–Trinajstić information content (AvgIpc) is 1.97. The molecule has 1 aliphatic carbocycles. The van der Waals surface area contributed by atoms with E-state index in [2.05, 4.69) is 13.8 Å². The quantitative estimate of drug-likeness (QED) is 0.651. The Morgan fingerprint density at radius 1 is 1.36 bits per heavy atom. The van der Waals surface area contributed by atoms with Crippen LogP contribution in [0.15, 0.2) is 0 Å². The van der Waals surface area contributed by atoms with Crippen molar-refractivity contribution < 1.29 is 5.11 Å². The molecule has 0 amide bonds. The summed E-state index contributed by atoms with van der Waals surface area (Å²) in [4.78, 5) is 0. The first-order chi connectivity index (χ1) is 5.16. The monoisotopic (exact) mass is 156 g/mol. The fourth-order valence-corrected chi connectivity index (χ4v) is 2.01. The first kappa shape index (κ1) is 9.05. The molecule has 1 N–H and O–H groups in total. The van der Waals surface area contributed by atoms with E-state index in [0.29, 0.717) is 0 Å². The van der Waals surface area contributed by atoms with Gasteiger partial charge in [-0.05, 0) is 38.0 Å². The SMILES string of the molecule is CCC[C@]1(O)CC[C@@H](C)CC1. The molecule has 0 unspecified atom stereocenters. The first-order valence-electron chi connectivity index (χ1n) is 4.89. The largest absolute Gasteiger partial charge is 0.390 e. The second-order valence-corrected chi connectivity index (χ2v) is 4.16. The molecule has 1 saturated carbocycles. The van der Waals surface area contributed by atoms with Crippen LogP contribution in [0.1, 0.15) is 52.4 Å². The van der Waals surface area contributed by atoms with E-state index in [4.69, 9.17) is 0 Å². The molecule has 0 radical (unpaired) electrons. The minimum atomic E-state index is -0.290. The summed E-state index contributed by atoms with van der Waals surface area (Å²) in [7, 11) is 0. The van der Waals surface area contributed by atoms with Gasteiger partial charge in [0.25, 0.3) is 0 Å². The summed E-state index contributed by atoms with van der Waals surface area (Å²) >= 11 is 0. The van der Waals surface area contributed by atoms with Crippen molar-refractivity contribution in [2.45, 2.75) is 58.0 Å². The van der Waals surface area contributed by atoms with Gasteiger partial charge in [0, 0.05) is 0 Å². The lowest BCUT2D eigenvalue weighted by atomic mass is 9.77. The van der Waals surface area contributed by atoms with Gasteiger partial charge in [0.2, 0.25) is 0 Å². The van der Waals surface area contributed by atoms with Crippen LogP contribution in [0.3, 0.4) is 0 Å². The van der Waals surface area contributed by atoms with Crippen molar-refractivity contribution in [3.8, 4) is 0 Å². The van der Waals surface area contributed by atoms with Crippen LogP contribution in [0.5, 0.6) is 0 Å². The second-order valence-electron chi connectivity index (χ2n) is 4.16.